The third-order valence-electron chi connectivity index (χ3n) is 4.23. The van der Waals surface area contributed by atoms with Crippen LogP contribution in [-0.4, -0.2) is 53.2 Å². The topological polar surface area (TPSA) is 39.7 Å². The zero-order valence-electron chi connectivity index (χ0n) is 14.3. The van der Waals surface area contributed by atoms with Gasteiger partial charge in [0.25, 0.3) is 0 Å². The molecule has 0 aromatic heterocycles. The highest BCUT2D eigenvalue weighted by Gasteiger charge is 2.33. The Labute approximate surface area is 130 Å². The fourth-order valence-corrected chi connectivity index (χ4v) is 3.41. The Bertz CT molecular complexity index is 240. The van der Waals surface area contributed by atoms with Crippen molar-refractivity contribution in [2.45, 2.75) is 46.0 Å². The van der Waals surface area contributed by atoms with Gasteiger partial charge in [-0.25, -0.2) is 0 Å². The number of rotatable bonds is 13. The van der Waals surface area contributed by atoms with Gasteiger partial charge in [-0.2, -0.15) is 0 Å². The first-order valence-corrected chi connectivity index (χ1v) is 8.54. The number of methoxy groups -OCH3 is 1. The summed E-state index contributed by atoms with van der Waals surface area (Å²) in [6, 6.07) is 0. The predicted molar refractivity (Wildman–Crippen MR) is 86.7 cm³/mol. The molecule has 0 unspecified atom stereocenters. The van der Waals surface area contributed by atoms with Crippen LogP contribution >= 0.6 is 0 Å². The smallest absolute Gasteiger partial charge is 0.0701 e. The molecule has 0 spiro atoms. The molecule has 1 N–H and O–H groups in total. The molecule has 1 saturated carbocycles. The van der Waals surface area contributed by atoms with Crippen LogP contribution < -0.4 is 5.32 Å². The maximum absolute atomic E-state index is 5.56. The van der Waals surface area contributed by atoms with Crippen molar-refractivity contribution in [3.8, 4) is 0 Å². The molecule has 0 bridgehead atoms. The molecule has 1 fully saturated rings. The highest BCUT2D eigenvalue weighted by atomic mass is 16.5. The summed E-state index contributed by atoms with van der Waals surface area (Å²) in [5.74, 6) is 0.797. The SMILES string of the molecule is COCCOCCOCCNCC1(CC(C)C)CCCC1. The minimum absolute atomic E-state index is 0.553. The first-order valence-electron chi connectivity index (χ1n) is 8.54. The number of ether oxygens (including phenoxy) is 3. The van der Waals surface area contributed by atoms with Crippen molar-refractivity contribution in [1.82, 2.24) is 5.32 Å². The molecule has 4 heteroatoms. The van der Waals surface area contributed by atoms with E-state index >= 15 is 0 Å². The Morgan fingerprint density at radius 1 is 0.952 bits per heavy atom. The second-order valence-electron chi connectivity index (χ2n) is 6.70. The van der Waals surface area contributed by atoms with E-state index in [0.717, 1.165) is 25.6 Å². The molecule has 0 aromatic rings. The number of hydrogen-bond donors (Lipinski definition) is 1. The largest absolute Gasteiger partial charge is 0.382 e. The van der Waals surface area contributed by atoms with Gasteiger partial charge in [-0.05, 0) is 30.6 Å². The van der Waals surface area contributed by atoms with Crippen molar-refractivity contribution in [2.75, 3.05) is 53.2 Å². The minimum atomic E-state index is 0.553. The van der Waals surface area contributed by atoms with Crippen LogP contribution in [0.1, 0.15) is 46.0 Å². The van der Waals surface area contributed by atoms with Crippen LogP contribution in [0.5, 0.6) is 0 Å². The lowest BCUT2D eigenvalue weighted by atomic mass is 9.78. The Balaban J connectivity index is 1.97. The molecule has 0 heterocycles. The van der Waals surface area contributed by atoms with E-state index in [1.807, 2.05) is 0 Å². The average Bonchev–Trinajstić information content (AvgIpc) is 2.89. The summed E-state index contributed by atoms with van der Waals surface area (Å²) in [6.07, 6.45) is 6.96. The fourth-order valence-electron chi connectivity index (χ4n) is 3.41. The van der Waals surface area contributed by atoms with Crippen LogP contribution in [0.3, 0.4) is 0 Å². The van der Waals surface area contributed by atoms with Gasteiger partial charge in [0.1, 0.15) is 0 Å². The molecule has 1 aliphatic rings. The zero-order chi connectivity index (χ0) is 15.4. The fraction of sp³-hybridized carbons (Fsp3) is 1.00. The number of nitrogens with one attached hydrogen (secondary N) is 1. The Morgan fingerprint density at radius 3 is 2.19 bits per heavy atom. The van der Waals surface area contributed by atoms with Crippen molar-refractivity contribution >= 4 is 0 Å². The third kappa shape index (κ3) is 8.77. The van der Waals surface area contributed by atoms with Crippen LogP contribution in [0.25, 0.3) is 0 Å². The molecule has 0 radical (unpaired) electrons. The molecule has 0 aliphatic heterocycles. The van der Waals surface area contributed by atoms with Gasteiger partial charge in [-0.3, -0.25) is 0 Å². The molecule has 1 rings (SSSR count). The second-order valence-corrected chi connectivity index (χ2v) is 6.70. The first kappa shape index (κ1) is 18.9. The van der Waals surface area contributed by atoms with Crippen LogP contribution in [0.15, 0.2) is 0 Å². The van der Waals surface area contributed by atoms with Gasteiger partial charge < -0.3 is 19.5 Å². The molecule has 0 aromatic carbocycles. The Kier molecular flexibility index (Phi) is 10.3. The second kappa shape index (κ2) is 11.4. The van der Waals surface area contributed by atoms with E-state index in [1.165, 1.54) is 32.1 Å². The molecule has 21 heavy (non-hydrogen) atoms. The van der Waals surface area contributed by atoms with E-state index in [1.54, 1.807) is 7.11 Å². The lowest BCUT2D eigenvalue weighted by molar-refractivity contribution is 0.0251. The van der Waals surface area contributed by atoms with Gasteiger partial charge in [0, 0.05) is 20.2 Å². The van der Waals surface area contributed by atoms with Crippen LogP contribution in [0, 0.1) is 11.3 Å². The Morgan fingerprint density at radius 2 is 1.57 bits per heavy atom. The molecular formula is C17H35NO3. The van der Waals surface area contributed by atoms with E-state index in [2.05, 4.69) is 19.2 Å². The third-order valence-corrected chi connectivity index (χ3v) is 4.23. The molecule has 4 nitrogen and oxygen atoms in total. The predicted octanol–water partition coefficient (Wildman–Crippen LogP) is 2.86. The van der Waals surface area contributed by atoms with E-state index in [-0.39, 0.29) is 0 Å². The minimum Gasteiger partial charge on any atom is -0.382 e. The zero-order valence-corrected chi connectivity index (χ0v) is 14.3. The highest BCUT2D eigenvalue weighted by molar-refractivity contribution is 4.87. The van der Waals surface area contributed by atoms with Crippen molar-refractivity contribution < 1.29 is 14.2 Å². The molecular weight excluding hydrogens is 266 g/mol. The van der Waals surface area contributed by atoms with E-state index in [0.29, 0.717) is 31.8 Å². The van der Waals surface area contributed by atoms with Crippen LogP contribution in [0.2, 0.25) is 0 Å². The van der Waals surface area contributed by atoms with E-state index < -0.39 is 0 Å². The highest BCUT2D eigenvalue weighted by Crippen LogP contribution is 2.42. The summed E-state index contributed by atoms with van der Waals surface area (Å²) in [6.45, 7) is 10.2. The van der Waals surface area contributed by atoms with E-state index in [9.17, 15) is 0 Å². The first-order chi connectivity index (χ1) is 10.2. The average molecular weight is 301 g/mol. The summed E-state index contributed by atoms with van der Waals surface area (Å²) < 4.78 is 15.8. The van der Waals surface area contributed by atoms with Crippen molar-refractivity contribution in [3.63, 3.8) is 0 Å². The molecule has 126 valence electrons. The van der Waals surface area contributed by atoms with Gasteiger partial charge in [0.2, 0.25) is 0 Å². The summed E-state index contributed by atoms with van der Waals surface area (Å²) in [7, 11) is 1.68. The van der Waals surface area contributed by atoms with E-state index in [4.69, 9.17) is 14.2 Å². The monoisotopic (exact) mass is 301 g/mol. The van der Waals surface area contributed by atoms with Crippen molar-refractivity contribution in [3.05, 3.63) is 0 Å². The normalized spacial score (nSPS) is 17.7. The summed E-state index contributed by atoms with van der Waals surface area (Å²) in [4.78, 5) is 0. The quantitative estimate of drug-likeness (QED) is 0.531. The van der Waals surface area contributed by atoms with Crippen molar-refractivity contribution in [2.24, 2.45) is 11.3 Å². The van der Waals surface area contributed by atoms with Crippen molar-refractivity contribution in [1.29, 1.82) is 0 Å². The van der Waals surface area contributed by atoms with Gasteiger partial charge in [-0.1, -0.05) is 26.7 Å². The van der Waals surface area contributed by atoms with Gasteiger partial charge >= 0.3 is 0 Å². The maximum Gasteiger partial charge on any atom is 0.0701 e. The lowest BCUT2D eigenvalue weighted by Crippen LogP contribution is -2.35. The molecule has 0 amide bonds. The Hall–Kier alpha value is -0.160. The van der Waals surface area contributed by atoms with Gasteiger partial charge in [0.15, 0.2) is 0 Å². The van der Waals surface area contributed by atoms with Crippen LogP contribution in [0.4, 0.5) is 0 Å². The summed E-state index contributed by atoms with van der Waals surface area (Å²) >= 11 is 0. The molecule has 0 atom stereocenters. The standard InChI is InChI=1S/C17H35NO3/c1-16(2)14-17(6-4-5-7-17)15-18-8-9-20-12-13-21-11-10-19-3/h16,18H,4-15H2,1-3H3. The maximum atomic E-state index is 5.56. The van der Waals surface area contributed by atoms with Gasteiger partial charge in [-0.15, -0.1) is 0 Å². The molecule has 1 aliphatic carbocycles. The number of hydrogen-bond acceptors (Lipinski definition) is 4. The summed E-state index contributed by atoms with van der Waals surface area (Å²) in [5.41, 5.74) is 0.553. The van der Waals surface area contributed by atoms with Gasteiger partial charge in [0.05, 0.1) is 33.0 Å². The lowest BCUT2D eigenvalue weighted by Gasteiger charge is -2.31. The summed E-state index contributed by atoms with van der Waals surface area (Å²) in [5, 5.41) is 3.60. The molecule has 0 saturated heterocycles. The van der Waals surface area contributed by atoms with Crippen LogP contribution in [-0.2, 0) is 14.2 Å².